The van der Waals surface area contributed by atoms with Crippen LogP contribution in [-0.2, 0) is 0 Å². The number of ether oxygens (including phenoxy) is 4. The zero-order valence-corrected chi connectivity index (χ0v) is 18.2. The molecule has 0 aliphatic carbocycles. The summed E-state index contributed by atoms with van der Waals surface area (Å²) >= 11 is 0. The second-order valence-corrected chi connectivity index (χ2v) is 6.90. The molecule has 32 heavy (non-hydrogen) atoms. The minimum absolute atomic E-state index is 0.403. The number of fused-ring (bicyclic) bond motifs is 1. The van der Waals surface area contributed by atoms with E-state index >= 15 is 0 Å². The average Bonchev–Trinajstić information content (AvgIpc) is 2.83. The lowest BCUT2D eigenvalue weighted by atomic mass is 10.0. The molecular formula is C25H23NO6. The first kappa shape index (κ1) is 21.1. The van der Waals surface area contributed by atoms with E-state index < -0.39 is 5.63 Å². The van der Waals surface area contributed by atoms with Crippen molar-refractivity contribution in [3.63, 3.8) is 0 Å². The molecule has 7 heteroatoms. The van der Waals surface area contributed by atoms with Gasteiger partial charge in [-0.25, -0.2) is 4.79 Å². The Morgan fingerprint density at radius 2 is 1.44 bits per heavy atom. The molecule has 7 nitrogen and oxygen atoms in total. The van der Waals surface area contributed by atoms with Crippen LogP contribution >= 0.6 is 0 Å². The van der Waals surface area contributed by atoms with Gasteiger partial charge in [-0.05, 0) is 29.8 Å². The van der Waals surface area contributed by atoms with Crippen LogP contribution in [0.15, 0.2) is 69.9 Å². The lowest BCUT2D eigenvalue weighted by Crippen LogP contribution is -2.08. The quantitative estimate of drug-likeness (QED) is 0.399. The van der Waals surface area contributed by atoms with Crippen molar-refractivity contribution < 1.29 is 23.4 Å². The molecule has 0 saturated heterocycles. The van der Waals surface area contributed by atoms with Gasteiger partial charge in [0.25, 0.3) is 0 Å². The van der Waals surface area contributed by atoms with Crippen LogP contribution in [0, 0.1) is 0 Å². The van der Waals surface area contributed by atoms with Crippen LogP contribution in [0.4, 0.5) is 11.4 Å². The lowest BCUT2D eigenvalue weighted by Gasteiger charge is -2.17. The average molecular weight is 433 g/mol. The van der Waals surface area contributed by atoms with Crippen LogP contribution in [0.2, 0.25) is 0 Å². The van der Waals surface area contributed by atoms with Crippen LogP contribution in [-0.4, -0.2) is 28.4 Å². The van der Waals surface area contributed by atoms with Crippen LogP contribution < -0.4 is 29.9 Å². The summed E-state index contributed by atoms with van der Waals surface area (Å²) in [6.07, 6.45) is 0. The van der Waals surface area contributed by atoms with Crippen molar-refractivity contribution in [3.05, 3.63) is 71.1 Å². The van der Waals surface area contributed by atoms with E-state index in [1.54, 1.807) is 58.8 Å². The lowest BCUT2D eigenvalue weighted by molar-refractivity contribution is 0.324. The highest BCUT2D eigenvalue weighted by atomic mass is 16.5. The second-order valence-electron chi connectivity index (χ2n) is 6.90. The van der Waals surface area contributed by atoms with E-state index in [2.05, 4.69) is 5.32 Å². The minimum atomic E-state index is -0.455. The maximum Gasteiger partial charge on any atom is 0.346 e. The number of nitrogens with one attached hydrogen (secondary N) is 1. The topological polar surface area (TPSA) is 79.2 Å². The molecule has 0 bridgehead atoms. The molecule has 0 aliphatic heterocycles. The Morgan fingerprint density at radius 3 is 2.03 bits per heavy atom. The molecule has 0 fully saturated rings. The van der Waals surface area contributed by atoms with Gasteiger partial charge in [0.2, 0.25) is 5.75 Å². The highest BCUT2D eigenvalue weighted by Gasteiger charge is 2.19. The fourth-order valence-corrected chi connectivity index (χ4v) is 3.60. The fraction of sp³-hybridized carbons (Fsp3) is 0.160. The Kier molecular flexibility index (Phi) is 5.89. The maximum atomic E-state index is 13.0. The molecule has 164 valence electrons. The number of hydrogen-bond donors (Lipinski definition) is 1. The highest BCUT2D eigenvalue weighted by molar-refractivity contribution is 6.00. The Bertz CT molecular complexity index is 1290. The van der Waals surface area contributed by atoms with Crippen LogP contribution in [0.25, 0.3) is 22.1 Å². The molecule has 0 unspecified atom stereocenters. The summed E-state index contributed by atoms with van der Waals surface area (Å²) in [4.78, 5) is 13.0. The van der Waals surface area contributed by atoms with E-state index in [1.807, 2.05) is 30.3 Å². The number of hydrogen-bond acceptors (Lipinski definition) is 7. The summed E-state index contributed by atoms with van der Waals surface area (Å²) < 4.78 is 27.2. The van der Waals surface area contributed by atoms with Gasteiger partial charge in [-0.3, -0.25) is 0 Å². The van der Waals surface area contributed by atoms with Gasteiger partial charge >= 0.3 is 5.63 Å². The summed E-state index contributed by atoms with van der Waals surface area (Å²) in [6.45, 7) is 0. The van der Waals surface area contributed by atoms with Gasteiger partial charge < -0.3 is 28.7 Å². The van der Waals surface area contributed by atoms with Gasteiger partial charge in [0, 0.05) is 23.2 Å². The highest BCUT2D eigenvalue weighted by Crippen LogP contribution is 2.42. The molecule has 4 aromatic rings. The summed E-state index contributed by atoms with van der Waals surface area (Å²) in [5.74, 6) is 2.16. The smallest absolute Gasteiger partial charge is 0.346 e. The molecule has 1 heterocycles. The van der Waals surface area contributed by atoms with Gasteiger partial charge in [-0.15, -0.1) is 0 Å². The zero-order valence-electron chi connectivity index (χ0n) is 18.2. The number of benzene rings is 3. The van der Waals surface area contributed by atoms with Crippen molar-refractivity contribution >= 4 is 22.3 Å². The number of para-hydroxylation sites is 1. The van der Waals surface area contributed by atoms with Crippen LogP contribution in [0.5, 0.6) is 23.0 Å². The van der Waals surface area contributed by atoms with Gasteiger partial charge in [0.15, 0.2) is 11.5 Å². The van der Waals surface area contributed by atoms with Gasteiger partial charge in [-0.1, -0.05) is 24.3 Å². The molecule has 0 amide bonds. The number of anilines is 2. The van der Waals surface area contributed by atoms with Crippen molar-refractivity contribution in [1.82, 2.24) is 0 Å². The molecule has 0 atom stereocenters. The molecule has 0 spiro atoms. The number of rotatable bonds is 7. The van der Waals surface area contributed by atoms with E-state index in [4.69, 9.17) is 23.4 Å². The van der Waals surface area contributed by atoms with Crippen molar-refractivity contribution in [2.24, 2.45) is 0 Å². The van der Waals surface area contributed by atoms with Gasteiger partial charge in [-0.2, -0.15) is 0 Å². The van der Waals surface area contributed by atoms with Crippen LogP contribution in [0.1, 0.15) is 0 Å². The van der Waals surface area contributed by atoms with Crippen molar-refractivity contribution in [2.45, 2.75) is 0 Å². The van der Waals surface area contributed by atoms with E-state index in [1.165, 1.54) is 0 Å². The van der Waals surface area contributed by atoms with E-state index in [9.17, 15) is 4.79 Å². The first-order valence-electron chi connectivity index (χ1n) is 9.87. The first-order chi connectivity index (χ1) is 15.6. The predicted molar refractivity (Wildman–Crippen MR) is 124 cm³/mol. The number of methoxy groups -OCH3 is 4. The first-order valence-corrected chi connectivity index (χ1v) is 9.87. The zero-order chi connectivity index (χ0) is 22.7. The summed E-state index contributed by atoms with van der Waals surface area (Å²) in [7, 11) is 6.24. The summed E-state index contributed by atoms with van der Waals surface area (Å²) in [5, 5.41) is 4.13. The predicted octanol–water partition coefficient (Wildman–Crippen LogP) is 5.24. The van der Waals surface area contributed by atoms with Crippen molar-refractivity contribution in [2.75, 3.05) is 33.8 Å². The molecular weight excluding hydrogens is 410 g/mol. The van der Waals surface area contributed by atoms with E-state index in [0.29, 0.717) is 51.1 Å². The van der Waals surface area contributed by atoms with Gasteiger partial charge in [0.05, 0.1) is 39.7 Å². The maximum absolute atomic E-state index is 13.0. The molecule has 4 rings (SSSR count). The third-order valence-electron chi connectivity index (χ3n) is 5.13. The standard InChI is InChI=1S/C25H23NO6/c1-28-17-11-9-15(10-12-17)22-23(18-7-5-6-8-19(18)32-25(22)27)26-16-13-20(29-2)24(31-4)21(14-16)30-3/h5-14,26H,1-4H3. The molecule has 0 radical (unpaired) electrons. The SMILES string of the molecule is COc1ccc(-c2c(Nc3cc(OC)c(OC)c(OC)c3)c3ccccc3oc2=O)cc1. The Labute approximate surface area is 185 Å². The summed E-state index contributed by atoms with van der Waals surface area (Å²) in [6, 6.07) is 18.2. The molecule has 0 saturated carbocycles. The Balaban J connectivity index is 1.94. The van der Waals surface area contributed by atoms with E-state index in [0.717, 1.165) is 5.39 Å². The van der Waals surface area contributed by atoms with E-state index in [-0.39, 0.29) is 0 Å². The third kappa shape index (κ3) is 3.80. The van der Waals surface area contributed by atoms with Gasteiger partial charge in [0.1, 0.15) is 11.3 Å². The largest absolute Gasteiger partial charge is 0.497 e. The molecule has 1 aromatic heterocycles. The molecule has 3 aromatic carbocycles. The minimum Gasteiger partial charge on any atom is -0.497 e. The normalized spacial score (nSPS) is 10.6. The fourth-order valence-electron chi connectivity index (χ4n) is 3.60. The summed E-state index contributed by atoms with van der Waals surface area (Å²) in [5.41, 5.74) is 2.38. The van der Waals surface area contributed by atoms with Crippen LogP contribution in [0.3, 0.4) is 0 Å². The molecule has 0 aliphatic rings. The Morgan fingerprint density at radius 1 is 0.781 bits per heavy atom. The monoisotopic (exact) mass is 433 g/mol. The second kappa shape index (κ2) is 8.93. The Hall–Kier alpha value is -4.13. The third-order valence-corrected chi connectivity index (χ3v) is 5.13. The van der Waals surface area contributed by atoms with Crippen molar-refractivity contribution in [3.8, 4) is 34.1 Å². The molecule has 1 N–H and O–H groups in total. The van der Waals surface area contributed by atoms with Crippen molar-refractivity contribution in [1.29, 1.82) is 0 Å².